The summed E-state index contributed by atoms with van der Waals surface area (Å²) in [4.78, 5) is 2.44. The molecule has 0 bridgehead atoms. The lowest BCUT2D eigenvalue weighted by Gasteiger charge is -2.26. The lowest BCUT2D eigenvalue weighted by Crippen LogP contribution is -2.41. The van der Waals surface area contributed by atoms with Crippen molar-refractivity contribution < 1.29 is 5.11 Å². The number of hydrogen-bond donors (Lipinski definition) is 2. The van der Waals surface area contributed by atoms with Crippen molar-refractivity contribution in [1.82, 2.24) is 10.2 Å². The van der Waals surface area contributed by atoms with Gasteiger partial charge < -0.3 is 15.3 Å². The number of aliphatic hydroxyl groups is 1. The highest BCUT2D eigenvalue weighted by Crippen LogP contribution is 2.25. The predicted molar refractivity (Wildman–Crippen MR) is 73.2 cm³/mol. The van der Waals surface area contributed by atoms with Crippen molar-refractivity contribution in [2.75, 3.05) is 33.3 Å². The molecule has 17 heavy (non-hydrogen) atoms. The molecule has 0 amide bonds. The summed E-state index contributed by atoms with van der Waals surface area (Å²) >= 11 is 0. The molecule has 1 unspecified atom stereocenters. The summed E-state index contributed by atoms with van der Waals surface area (Å²) in [6.07, 6.45) is 7.71. The number of aliphatic hydroxyl groups excluding tert-OH is 1. The van der Waals surface area contributed by atoms with E-state index in [4.69, 9.17) is 5.11 Å². The van der Waals surface area contributed by atoms with E-state index >= 15 is 0 Å². The zero-order chi connectivity index (χ0) is 12.5. The van der Waals surface area contributed by atoms with Gasteiger partial charge in [-0.25, -0.2) is 0 Å². The molecule has 1 saturated carbocycles. The molecule has 3 nitrogen and oxygen atoms in total. The maximum atomic E-state index is 9.07. The highest BCUT2D eigenvalue weighted by Gasteiger charge is 2.18. The molecular formula is C14H30N2O. The zero-order valence-electron chi connectivity index (χ0n) is 11.6. The van der Waals surface area contributed by atoms with E-state index in [2.05, 4.69) is 24.2 Å². The van der Waals surface area contributed by atoms with Gasteiger partial charge in [-0.15, -0.1) is 0 Å². The van der Waals surface area contributed by atoms with Crippen LogP contribution in [0.25, 0.3) is 0 Å². The average molecular weight is 242 g/mol. The molecule has 0 saturated heterocycles. The predicted octanol–water partition coefficient (Wildman–Crippen LogP) is 1.86. The molecule has 102 valence electrons. The van der Waals surface area contributed by atoms with Gasteiger partial charge in [-0.2, -0.15) is 0 Å². The molecule has 0 radical (unpaired) electrons. The van der Waals surface area contributed by atoms with Crippen LogP contribution in [-0.4, -0.2) is 49.3 Å². The Morgan fingerprint density at radius 1 is 1.35 bits per heavy atom. The minimum Gasteiger partial charge on any atom is -0.396 e. The number of hydrogen-bond acceptors (Lipinski definition) is 3. The van der Waals surface area contributed by atoms with Gasteiger partial charge in [0.1, 0.15) is 0 Å². The maximum Gasteiger partial charge on any atom is 0.0446 e. The van der Waals surface area contributed by atoms with E-state index in [0.29, 0.717) is 12.6 Å². The molecule has 1 fully saturated rings. The standard InChI is InChI=1S/C14H30N2O/c1-3-9-15-14(8-10-17)12-16(2)11-13-6-4-5-7-13/h13-15,17H,3-12H2,1-2H3. The van der Waals surface area contributed by atoms with Crippen molar-refractivity contribution in [3.63, 3.8) is 0 Å². The van der Waals surface area contributed by atoms with E-state index in [1.165, 1.54) is 32.2 Å². The van der Waals surface area contributed by atoms with Gasteiger partial charge in [0.05, 0.1) is 0 Å². The Labute approximate surface area is 107 Å². The number of nitrogens with zero attached hydrogens (tertiary/aromatic N) is 1. The van der Waals surface area contributed by atoms with Crippen LogP contribution in [0.4, 0.5) is 0 Å². The number of rotatable bonds is 9. The lowest BCUT2D eigenvalue weighted by atomic mass is 10.1. The Morgan fingerprint density at radius 2 is 2.06 bits per heavy atom. The zero-order valence-corrected chi connectivity index (χ0v) is 11.6. The minimum atomic E-state index is 0.290. The molecule has 1 atom stereocenters. The van der Waals surface area contributed by atoms with E-state index in [-0.39, 0.29) is 0 Å². The second-order valence-electron chi connectivity index (χ2n) is 5.54. The van der Waals surface area contributed by atoms with Crippen LogP contribution in [0.15, 0.2) is 0 Å². The quantitative estimate of drug-likeness (QED) is 0.648. The molecule has 0 heterocycles. The number of likely N-dealkylation sites (N-methyl/N-ethyl adjacent to an activating group) is 1. The van der Waals surface area contributed by atoms with Gasteiger partial charge >= 0.3 is 0 Å². The molecule has 0 aromatic heterocycles. The Bertz CT molecular complexity index is 181. The second kappa shape index (κ2) is 8.90. The third kappa shape index (κ3) is 6.39. The first-order valence-electron chi connectivity index (χ1n) is 7.29. The van der Waals surface area contributed by atoms with Crippen LogP contribution in [-0.2, 0) is 0 Å². The summed E-state index contributed by atoms with van der Waals surface area (Å²) in [5.74, 6) is 0.918. The highest BCUT2D eigenvalue weighted by atomic mass is 16.3. The van der Waals surface area contributed by atoms with Crippen LogP contribution in [0.2, 0.25) is 0 Å². The topological polar surface area (TPSA) is 35.5 Å². The Kier molecular flexibility index (Phi) is 7.82. The van der Waals surface area contributed by atoms with Crippen molar-refractivity contribution in [2.45, 2.75) is 51.5 Å². The van der Waals surface area contributed by atoms with Gasteiger partial charge in [0.2, 0.25) is 0 Å². The molecule has 2 N–H and O–H groups in total. The Morgan fingerprint density at radius 3 is 2.65 bits per heavy atom. The first-order chi connectivity index (χ1) is 8.26. The van der Waals surface area contributed by atoms with Crippen LogP contribution in [0, 0.1) is 5.92 Å². The molecular weight excluding hydrogens is 212 g/mol. The summed E-state index contributed by atoms with van der Waals surface area (Å²) in [5, 5.41) is 12.6. The largest absolute Gasteiger partial charge is 0.396 e. The summed E-state index contributed by atoms with van der Waals surface area (Å²) in [6, 6.07) is 0.450. The van der Waals surface area contributed by atoms with E-state index in [9.17, 15) is 0 Å². The molecule has 0 aromatic carbocycles. The third-order valence-corrected chi connectivity index (χ3v) is 3.74. The SMILES string of the molecule is CCCNC(CCO)CN(C)CC1CCCC1. The average Bonchev–Trinajstić information content (AvgIpc) is 2.78. The first kappa shape index (κ1) is 14.9. The maximum absolute atomic E-state index is 9.07. The van der Waals surface area contributed by atoms with E-state index < -0.39 is 0 Å². The van der Waals surface area contributed by atoms with Gasteiger partial charge in [0.15, 0.2) is 0 Å². The van der Waals surface area contributed by atoms with Crippen molar-refractivity contribution in [3.8, 4) is 0 Å². The van der Waals surface area contributed by atoms with Gasteiger partial charge in [0, 0.05) is 25.7 Å². The van der Waals surface area contributed by atoms with Crippen LogP contribution in [0.5, 0.6) is 0 Å². The van der Waals surface area contributed by atoms with Crippen molar-refractivity contribution in [1.29, 1.82) is 0 Å². The van der Waals surface area contributed by atoms with E-state index in [1.54, 1.807) is 0 Å². The highest BCUT2D eigenvalue weighted by molar-refractivity contribution is 4.74. The van der Waals surface area contributed by atoms with Gasteiger partial charge in [-0.3, -0.25) is 0 Å². The van der Waals surface area contributed by atoms with Gasteiger partial charge in [-0.1, -0.05) is 19.8 Å². The van der Waals surface area contributed by atoms with Crippen molar-refractivity contribution in [2.24, 2.45) is 5.92 Å². The first-order valence-corrected chi connectivity index (χ1v) is 7.29. The van der Waals surface area contributed by atoms with Crippen LogP contribution < -0.4 is 5.32 Å². The minimum absolute atomic E-state index is 0.290. The van der Waals surface area contributed by atoms with Crippen molar-refractivity contribution in [3.05, 3.63) is 0 Å². The molecule has 1 rings (SSSR count). The summed E-state index contributed by atoms with van der Waals surface area (Å²) < 4.78 is 0. The molecule has 0 aromatic rings. The van der Waals surface area contributed by atoms with Gasteiger partial charge in [0.25, 0.3) is 0 Å². The van der Waals surface area contributed by atoms with Crippen LogP contribution in [0.1, 0.15) is 45.4 Å². The molecule has 3 heteroatoms. The molecule has 1 aliphatic carbocycles. The van der Waals surface area contributed by atoms with Crippen LogP contribution in [0.3, 0.4) is 0 Å². The smallest absolute Gasteiger partial charge is 0.0446 e. The van der Waals surface area contributed by atoms with Gasteiger partial charge in [-0.05, 0) is 45.2 Å². The molecule has 0 spiro atoms. The molecule has 1 aliphatic rings. The fraction of sp³-hybridized carbons (Fsp3) is 1.00. The fourth-order valence-corrected chi connectivity index (χ4v) is 2.85. The van der Waals surface area contributed by atoms with Crippen LogP contribution >= 0.6 is 0 Å². The van der Waals surface area contributed by atoms with E-state index in [1.807, 2.05) is 0 Å². The van der Waals surface area contributed by atoms with E-state index in [0.717, 1.165) is 31.8 Å². The Hall–Kier alpha value is -0.120. The second-order valence-corrected chi connectivity index (χ2v) is 5.54. The summed E-state index contributed by atoms with van der Waals surface area (Å²) in [6.45, 7) is 5.83. The molecule has 0 aliphatic heterocycles. The lowest BCUT2D eigenvalue weighted by molar-refractivity contribution is 0.213. The van der Waals surface area contributed by atoms with Crippen molar-refractivity contribution >= 4 is 0 Å². The summed E-state index contributed by atoms with van der Waals surface area (Å²) in [7, 11) is 2.22. The number of nitrogens with one attached hydrogen (secondary N) is 1. The normalized spacial score (nSPS) is 19.1. The summed E-state index contributed by atoms with van der Waals surface area (Å²) in [5.41, 5.74) is 0. The monoisotopic (exact) mass is 242 g/mol. The third-order valence-electron chi connectivity index (χ3n) is 3.74. The Balaban J connectivity index is 2.21. The fourth-order valence-electron chi connectivity index (χ4n) is 2.85.